The molecule has 1 heterocycles. The van der Waals surface area contributed by atoms with Gasteiger partial charge in [-0.3, -0.25) is 0 Å². The SMILES string of the molecule is O[C@@H](COCc1ccccc1)[C@@H](OCc1ccccc1)[C@@H](/C=N/OC1CCCCO1)OCc1ccccc1. The first kappa shape index (κ1) is 28.0. The van der Waals surface area contributed by atoms with Crippen LogP contribution in [0.25, 0.3) is 0 Å². The van der Waals surface area contributed by atoms with Gasteiger partial charge in [0.25, 0.3) is 0 Å². The number of nitrogens with zero attached hydrogens (tertiary/aromatic N) is 1. The van der Waals surface area contributed by atoms with Crippen LogP contribution in [0, 0.1) is 0 Å². The molecule has 4 rings (SSSR count). The van der Waals surface area contributed by atoms with Gasteiger partial charge in [-0.25, -0.2) is 0 Å². The maximum absolute atomic E-state index is 11.2. The standard InChI is InChI=1S/C31H37NO6/c33-28(24-34-21-25-12-4-1-5-13-25)31(37-23-27-16-8-3-9-17-27)29(36-22-26-14-6-2-7-15-26)20-32-38-30-18-10-11-19-35-30/h1-9,12-17,20,28-31,33H,10-11,18-19,21-24H2/b32-20+/t28-,29+,30?,31+/m0/s1. The van der Waals surface area contributed by atoms with Crippen molar-refractivity contribution in [2.75, 3.05) is 13.2 Å². The number of benzene rings is 3. The highest BCUT2D eigenvalue weighted by molar-refractivity contribution is 5.63. The molecule has 0 aliphatic carbocycles. The molecule has 4 atom stereocenters. The Labute approximate surface area is 224 Å². The molecule has 1 saturated heterocycles. The summed E-state index contributed by atoms with van der Waals surface area (Å²) in [6, 6.07) is 29.5. The van der Waals surface area contributed by atoms with Gasteiger partial charge >= 0.3 is 0 Å². The highest BCUT2D eigenvalue weighted by atomic mass is 16.8. The molecule has 0 saturated carbocycles. The van der Waals surface area contributed by atoms with Gasteiger partial charge < -0.3 is 28.9 Å². The predicted molar refractivity (Wildman–Crippen MR) is 145 cm³/mol. The van der Waals surface area contributed by atoms with E-state index < -0.39 is 18.3 Å². The van der Waals surface area contributed by atoms with Crippen LogP contribution in [-0.2, 0) is 43.6 Å². The molecule has 202 valence electrons. The number of aliphatic hydroxyl groups is 1. The van der Waals surface area contributed by atoms with Gasteiger partial charge in [0, 0.05) is 6.42 Å². The van der Waals surface area contributed by atoms with Crippen LogP contribution in [-0.4, -0.2) is 49.1 Å². The van der Waals surface area contributed by atoms with Gasteiger partial charge in [0.15, 0.2) is 0 Å². The van der Waals surface area contributed by atoms with E-state index in [1.54, 1.807) is 6.21 Å². The Morgan fingerprint density at radius 3 is 1.95 bits per heavy atom. The largest absolute Gasteiger partial charge is 0.388 e. The Hall–Kier alpha value is -3.07. The summed E-state index contributed by atoms with van der Waals surface area (Å²) in [6.07, 6.45) is 1.60. The fraction of sp³-hybridized carbons (Fsp3) is 0.387. The minimum absolute atomic E-state index is 0.0694. The molecule has 3 aromatic carbocycles. The highest BCUT2D eigenvalue weighted by Gasteiger charge is 2.30. The minimum atomic E-state index is -0.972. The Kier molecular flexibility index (Phi) is 11.8. The van der Waals surface area contributed by atoms with E-state index in [2.05, 4.69) is 5.16 Å². The van der Waals surface area contributed by atoms with Crippen molar-refractivity contribution in [3.05, 3.63) is 108 Å². The Morgan fingerprint density at radius 2 is 1.37 bits per heavy atom. The Morgan fingerprint density at radius 1 is 0.789 bits per heavy atom. The first-order chi connectivity index (χ1) is 18.8. The second-order valence-corrected chi connectivity index (χ2v) is 9.25. The molecule has 1 fully saturated rings. The summed E-state index contributed by atoms with van der Waals surface area (Å²) in [7, 11) is 0. The quantitative estimate of drug-likeness (QED) is 0.218. The summed E-state index contributed by atoms with van der Waals surface area (Å²) in [5.74, 6) is 0. The number of ether oxygens (including phenoxy) is 4. The molecular weight excluding hydrogens is 482 g/mol. The van der Waals surface area contributed by atoms with Crippen LogP contribution >= 0.6 is 0 Å². The zero-order valence-electron chi connectivity index (χ0n) is 21.6. The first-order valence-electron chi connectivity index (χ1n) is 13.2. The first-order valence-corrected chi connectivity index (χ1v) is 13.2. The normalized spacial score (nSPS) is 18.2. The maximum Gasteiger partial charge on any atom is 0.226 e. The van der Waals surface area contributed by atoms with Crippen molar-refractivity contribution < 1.29 is 28.9 Å². The molecule has 0 radical (unpaired) electrons. The summed E-state index contributed by atoms with van der Waals surface area (Å²) in [6.45, 7) is 1.73. The van der Waals surface area contributed by atoms with Crippen LogP contribution in [0.2, 0.25) is 0 Å². The molecule has 1 unspecified atom stereocenters. The zero-order valence-corrected chi connectivity index (χ0v) is 21.6. The fourth-order valence-electron chi connectivity index (χ4n) is 4.10. The smallest absolute Gasteiger partial charge is 0.226 e. The summed E-state index contributed by atoms with van der Waals surface area (Å²) in [5, 5.41) is 15.4. The van der Waals surface area contributed by atoms with Crippen LogP contribution in [0.15, 0.2) is 96.2 Å². The van der Waals surface area contributed by atoms with Gasteiger partial charge in [-0.15, -0.1) is 0 Å². The molecule has 7 nitrogen and oxygen atoms in total. The van der Waals surface area contributed by atoms with Crippen molar-refractivity contribution in [3.8, 4) is 0 Å². The monoisotopic (exact) mass is 519 g/mol. The molecule has 3 aromatic rings. The van der Waals surface area contributed by atoms with Crippen LogP contribution in [0.1, 0.15) is 36.0 Å². The van der Waals surface area contributed by atoms with E-state index in [9.17, 15) is 5.11 Å². The second kappa shape index (κ2) is 16.0. The third kappa shape index (κ3) is 9.67. The Balaban J connectivity index is 1.46. The van der Waals surface area contributed by atoms with E-state index in [0.29, 0.717) is 26.4 Å². The van der Waals surface area contributed by atoms with E-state index in [1.165, 1.54) is 0 Å². The average Bonchev–Trinajstić information content (AvgIpc) is 2.98. The van der Waals surface area contributed by atoms with Crippen LogP contribution in [0.5, 0.6) is 0 Å². The second-order valence-electron chi connectivity index (χ2n) is 9.25. The lowest BCUT2D eigenvalue weighted by Crippen LogP contribution is -2.44. The van der Waals surface area contributed by atoms with Gasteiger partial charge in [0.1, 0.15) is 18.3 Å². The van der Waals surface area contributed by atoms with Crippen molar-refractivity contribution in [2.45, 2.75) is 63.7 Å². The molecule has 0 aromatic heterocycles. The summed E-state index contributed by atoms with van der Waals surface area (Å²) in [5.41, 5.74) is 3.01. The topological polar surface area (TPSA) is 78.7 Å². The number of aliphatic hydroxyl groups excluding tert-OH is 1. The molecule has 1 aliphatic heterocycles. The maximum atomic E-state index is 11.2. The van der Waals surface area contributed by atoms with Crippen molar-refractivity contribution >= 4 is 6.21 Å². The number of oxime groups is 1. The third-order valence-electron chi connectivity index (χ3n) is 6.20. The molecule has 1 N–H and O–H groups in total. The van der Waals surface area contributed by atoms with E-state index in [1.807, 2.05) is 91.0 Å². The van der Waals surface area contributed by atoms with Crippen molar-refractivity contribution in [3.63, 3.8) is 0 Å². The van der Waals surface area contributed by atoms with Gasteiger partial charge in [-0.2, -0.15) is 0 Å². The minimum Gasteiger partial charge on any atom is -0.388 e. The zero-order chi connectivity index (χ0) is 26.3. The molecule has 7 heteroatoms. The number of rotatable bonds is 15. The molecular formula is C31H37NO6. The van der Waals surface area contributed by atoms with Crippen molar-refractivity contribution in [1.82, 2.24) is 0 Å². The highest BCUT2D eigenvalue weighted by Crippen LogP contribution is 2.17. The van der Waals surface area contributed by atoms with Gasteiger partial charge in [-0.1, -0.05) is 96.2 Å². The molecule has 38 heavy (non-hydrogen) atoms. The Bertz CT molecular complexity index is 1040. The van der Waals surface area contributed by atoms with E-state index >= 15 is 0 Å². The lowest BCUT2D eigenvalue weighted by molar-refractivity contribution is -0.163. The molecule has 0 amide bonds. The van der Waals surface area contributed by atoms with Crippen LogP contribution < -0.4 is 0 Å². The van der Waals surface area contributed by atoms with Gasteiger partial charge in [0.2, 0.25) is 6.29 Å². The van der Waals surface area contributed by atoms with E-state index in [4.69, 9.17) is 23.8 Å². The lowest BCUT2D eigenvalue weighted by atomic mass is 10.1. The van der Waals surface area contributed by atoms with Crippen molar-refractivity contribution in [2.24, 2.45) is 5.16 Å². The molecule has 0 spiro atoms. The fourth-order valence-corrected chi connectivity index (χ4v) is 4.10. The lowest BCUT2D eigenvalue weighted by Gasteiger charge is -2.29. The van der Waals surface area contributed by atoms with Gasteiger partial charge in [0.05, 0.1) is 39.2 Å². The third-order valence-corrected chi connectivity index (χ3v) is 6.20. The number of hydrogen-bond acceptors (Lipinski definition) is 7. The summed E-state index contributed by atoms with van der Waals surface area (Å²) in [4.78, 5) is 5.60. The van der Waals surface area contributed by atoms with Gasteiger partial charge in [-0.05, 0) is 29.5 Å². The summed E-state index contributed by atoms with van der Waals surface area (Å²) >= 11 is 0. The van der Waals surface area contributed by atoms with E-state index in [0.717, 1.165) is 36.0 Å². The molecule has 0 bridgehead atoms. The summed E-state index contributed by atoms with van der Waals surface area (Å²) < 4.78 is 24.0. The predicted octanol–water partition coefficient (Wildman–Crippen LogP) is 5.26. The molecule has 1 aliphatic rings. The van der Waals surface area contributed by atoms with Crippen LogP contribution in [0.4, 0.5) is 0 Å². The van der Waals surface area contributed by atoms with E-state index in [-0.39, 0.29) is 12.9 Å². The van der Waals surface area contributed by atoms with Crippen LogP contribution in [0.3, 0.4) is 0 Å². The average molecular weight is 520 g/mol. The van der Waals surface area contributed by atoms with Crippen molar-refractivity contribution in [1.29, 1.82) is 0 Å². The number of hydrogen-bond donors (Lipinski definition) is 1.